The second-order valence-electron chi connectivity index (χ2n) is 10.2. The number of likely N-dealkylation sites (tertiary alicyclic amines) is 1. The number of amides is 1. The molecule has 4 aliphatic rings. The predicted molar refractivity (Wildman–Crippen MR) is 131 cm³/mol. The quantitative estimate of drug-likeness (QED) is 0.665. The van der Waals surface area contributed by atoms with E-state index in [0.29, 0.717) is 50.3 Å². The average Bonchev–Trinajstić information content (AvgIpc) is 3.64. The highest BCUT2D eigenvalue weighted by Gasteiger charge is 2.41. The number of ether oxygens (including phenoxy) is 2. The predicted octanol–water partition coefficient (Wildman–Crippen LogP) is 2.60. The minimum absolute atomic E-state index is 0.123. The van der Waals surface area contributed by atoms with Crippen molar-refractivity contribution in [2.24, 2.45) is 0 Å². The summed E-state index contributed by atoms with van der Waals surface area (Å²) in [5.41, 5.74) is 0.988. The molecule has 1 aliphatic carbocycles. The van der Waals surface area contributed by atoms with Crippen molar-refractivity contribution >= 4 is 22.5 Å². The van der Waals surface area contributed by atoms with Gasteiger partial charge in [0.05, 0.1) is 24.4 Å². The number of piperazine rings is 1. The number of carbonyl (C=O) groups is 1. The maximum absolute atomic E-state index is 15.3. The number of likely N-dealkylation sites (N-methyl/N-ethyl adjacent to an activating group) is 1. The second-order valence-corrected chi connectivity index (χ2v) is 10.2. The Morgan fingerprint density at radius 1 is 1.06 bits per heavy atom. The normalized spacial score (nSPS) is 22.9. The number of piperidine rings is 1. The molecule has 2 aromatic rings. The zero-order valence-electron chi connectivity index (χ0n) is 20.3. The third kappa shape index (κ3) is 4.13. The number of carbonyl (C=O) groups excluding carboxylic acids is 1. The van der Waals surface area contributed by atoms with Gasteiger partial charge in [-0.2, -0.15) is 0 Å². The average molecular weight is 485 g/mol. The number of hydrogen-bond donors (Lipinski definition) is 0. The lowest BCUT2D eigenvalue weighted by molar-refractivity contribution is -0.181. The molecule has 9 heteroatoms. The standard InChI is InChI=1S/C26H33FN4O4/c1-2-28-9-11-29(12-10-28)23-16-22-19(15-21(23)27)24(32)20(17-31(22)18-3-4-18)25(33)30-7-5-26(6-8-30)34-13-14-35-26/h15-18H,2-14H2,1H3. The van der Waals surface area contributed by atoms with Crippen LogP contribution < -0.4 is 10.3 Å². The zero-order chi connectivity index (χ0) is 24.2. The monoisotopic (exact) mass is 484 g/mol. The lowest BCUT2D eigenvalue weighted by atomic mass is 10.0. The van der Waals surface area contributed by atoms with Crippen molar-refractivity contribution in [1.82, 2.24) is 14.4 Å². The van der Waals surface area contributed by atoms with Gasteiger partial charge >= 0.3 is 0 Å². The molecule has 0 atom stereocenters. The van der Waals surface area contributed by atoms with Crippen molar-refractivity contribution in [2.75, 3.05) is 63.9 Å². The fourth-order valence-electron chi connectivity index (χ4n) is 5.72. The molecular formula is C26H33FN4O4. The molecular weight excluding hydrogens is 451 g/mol. The molecule has 4 heterocycles. The molecule has 0 bridgehead atoms. The summed E-state index contributed by atoms with van der Waals surface area (Å²) in [5, 5.41) is 0.284. The number of halogens is 1. The number of fused-ring (bicyclic) bond motifs is 1. The first-order valence-electron chi connectivity index (χ1n) is 12.9. The van der Waals surface area contributed by atoms with E-state index in [9.17, 15) is 9.59 Å². The topological polar surface area (TPSA) is 67.2 Å². The third-order valence-electron chi connectivity index (χ3n) is 8.06. The van der Waals surface area contributed by atoms with Crippen LogP contribution in [0.5, 0.6) is 0 Å². The molecule has 188 valence electrons. The van der Waals surface area contributed by atoms with Gasteiger partial charge in [0.2, 0.25) is 5.43 Å². The number of hydrogen-bond acceptors (Lipinski definition) is 6. The molecule has 3 saturated heterocycles. The molecule has 0 unspecified atom stereocenters. The van der Waals surface area contributed by atoms with Gasteiger partial charge in [0.15, 0.2) is 5.79 Å². The lowest BCUT2D eigenvalue weighted by Gasteiger charge is -2.37. The fourth-order valence-corrected chi connectivity index (χ4v) is 5.72. The molecule has 1 saturated carbocycles. The molecule has 35 heavy (non-hydrogen) atoms. The Morgan fingerprint density at radius 2 is 1.74 bits per heavy atom. The van der Waals surface area contributed by atoms with Crippen molar-refractivity contribution in [3.8, 4) is 0 Å². The maximum atomic E-state index is 15.3. The summed E-state index contributed by atoms with van der Waals surface area (Å²) >= 11 is 0. The summed E-state index contributed by atoms with van der Waals surface area (Å²) in [5.74, 6) is -1.28. The highest BCUT2D eigenvalue weighted by molar-refractivity contribution is 5.98. The number of aromatic nitrogens is 1. The van der Waals surface area contributed by atoms with Crippen molar-refractivity contribution in [2.45, 2.75) is 44.4 Å². The Morgan fingerprint density at radius 3 is 2.37 bits per heavy atom. The summed E-state index contributed by atoms with van der Waals surface area (Å²) in [4.78, 5) is 33.0. The Bertz CT molecular complexity index is 1190. The summed E-state index contributed by atoms with van der Waals surface area (Å²) in [6, 6.07) is 3.41. The Hall–Kier alpha value is -2.49. The summed E-state index contributed by atoms with van der Waals surface area (Å²) in [7, 11) is 0. The molecule has 0 radical (unpaired) electrons. The van der Waals surface area contributed by atoms with Crippen molar-refractivity contribution in [1.29, 1.82) is 0 Å². The van der Waals surface area contributed by atoms with E-state index in [1.165, 1.54) is 6.07 Å². The Kier molecular flexibility index (Phi) is 5.81. The van der Waals surface area contributed by atoms with Gasteiger partial charge in [0.1, 0.15) is 11.4 Å². The van der Waals surface area contributed by atoms with Gasteiger partial charge < -0.3 is 28.7 Å². The van der Waals surface area contributed by atoms with E-state index in [4.69, 9.17) is 9.47 Å². The number of rotatable bonds is 4. The van der Waals surface area contributed by atoms with E-state index >= 15 is 4.39 Å². The lowest BCUT2D eigenvalue weighted by Crippen LogP contribution is -2.48. The number of anilines is 1. The van der Waals surface area contributed by atoms with Crippen LogP contribution in [-0.4, -0.2) is 85.1 Å². The molecule has 1 amide bonds. The first-order chi connectivity index (χ1) is 17.0. The minimum atomic E-state index is -0.587. The smallest absolute Gasteiger partial charge is 0.259 e. The van der Waals surface area contributed by atoms with Crippen LogP contribution in [0, 0.1) is 5.82 Å². The van der Waals surface area contributed by atoms with Gasteiger partial charge in [0.25, 0.3) is 5.91 Å². The van der Waals surface area contributed by atoms with Crippen LogP contribution in [0.2, 0.25) is 0 Å². The van der Waals surface area contributed by atoms with Crippen LogP contribution >= 0.6 is 0 Å². The number of pyridine rings is 1. The largest absolute Gasteiger partial charge is 0.367 e. The molecule has 1 spiro atoms. The van der Waals surface area contributed by atoms with E-state index < -0.39 is 17.0 Å². The highest BCUT2D eigenvalue weighted by Crippen LogP contribution is 2.38. The van der Waals surface area contributed by atoms with Crippen molar-refractivity contribution < 1.29 is 18.7 Å². The van der Waals surface area contributed by atoms with Crippen LogP contribution in [-0.2, 0) is 9.47 Å². The molecule has 0 N–H and O–H groups in total. The number of benzene rings is 1. The van der Waals surface area contributed by atoms with Crippen molar-refractivity contribution in [3.63, 3.8) is 0 Å². The van der Waals surface area contributed by atoms with Gasteiger partial charge in [0, 0.05) is 69.7 Å². The molecule has 3 aliphatic heterocycles. The first kappa shape index (κ1) is 22.9. The Balaban J connectivity index is 1.33. The van der Waals surface area contributed by atoms with Gasteiger partial charge in [-0.15, -0.1) is 0 Å². The summed E-state index contributed by atoms with van der Waals surface area (Å²) in [6.07, 6.45) is 4.88. The third-order valence-corrected chi connectivity index (χ3v) is 8.06. The minimum Gasteiger partial charge on any atom is -0.367 e. The van der Waals surface area contributed by atoms with Gasteiger partial charge in [-0.05, 0) is 31.5 Å². The summed E-state index contributed by atoms with van der Waals surface area (Å²) < 4.78 is 28.9. The molecule has 8 nitrogen and oxygen atoms in total. The maximum Gasteiger partial charge on any atom is 0.259 e. The van der Waals surface area contributed by atoms with E-state index in [2.05, 4.69) is 16.7 Å². The Labute approximate surface area is 204 Å². The zero-order valence-corrected chi connectivity index (χ0v) is 20.3. The van der Waals surface area contributed by atoms with Crippen LogP contribution in [0.25, 0.3) is 10.9 Å². The molecule has 1 aromatic heterocycles. The number of nitrogens with zero attached hydrogens (tertiary/aromatic N) is 4. The van der Waals surface area contributed by atoms with Gasteiger partial charge in [-0.1, -0.05) is 6.92 Å². The SMILES string of the molecule is CCN1CCN(c2cc3c(cc2F)c(=O)c(C(=O)N2CCC4(CC2)OCCO4)cn3C2CC2)CC1. The van der Waals surface area contributed by atoms with Gasteiger partial charge in [-0.3, -0.25) is 9.59 Å². The van der Waals surface area contributed by atoms with Crippen LogP contribution in [0.1, 0.15) is 49.0 Å². The van der Waals surface area contributed by atoms with E-state index in [1.807, 2.05) is 10.6 Å². The van der Waals surface area contributed by atoms with Crippen LogP contribution in [0.4, 0.5) is 10.1 Å². The summed E-state index contributed by atoms with van der Waals surface area (Å²) in [6.45, 7) is 8.51. The van der Waals surface area contributed by atoms with Crippen LogP contribution in [0.15, 0.2) is 23.1 Å². The van der Waals surface area contributed by atoms with Gasteiger partial charge in [-0.25, -0.2) is 4.39 Å². The van der Waals surface area contributed by atoms with Crippen molar-refractivity contribution in [3.05, 3.63) is 39.9 Å². The highest BCUT2D eigenvalue weighted by atomic mass is 19.1. The van der Waals surface area contributed by atoms with E-state index in [-0.39, 0.29) is 22.9 Å². The molecule has 6 rings (SSSR count). The first-order valence-corrected chi connectivity index (χ1v) is 12.9. The molecule has 4 fully saturated rings. The second kappa shape index (κ2) is 8.87. The molecule has 1 aromatic carbocycles. The van der Waals surface area contributed by atoms with Crippen LogP contribution in [0.3, 0.4) is 0 Å². The van der Waals surface area contributed by atoms with E-state index in [1.54, 1.807) is 11.1 Å². The van der Waals surface area contributed by atoms with E-state index in [0.717, 1.165) is 45.6 Å². The fraction of sp³-hybridized carbons (Fsp3) is 0.615.